The van der Waals surface area contributed by atoms with Gasteiger partial charge in [0.2, 0.25) is 0 Å². The monoisotopic (exact) mass is 269 g/mol. The van der Waals surface area contributed by atoms with Crippen LogP contribution in [0.25, 0.3) is 0 Å². The predicted molar refractivity (Wildman–Crippen MR) is 71.9 cm³/mol. The van der Waals surface area contributed by atoms with Crippen LogP contribution in [-0.4, -0.2) is 39.1 Å². The van der Waals surface area contributed by atoms with Crippen molar-refractivity contribution in [1.82, 2.24) is 14.7 Å². The molecule has 2 unspecified atom stereocenters. The van der Waals surface area contributed by atoms with Crippen LogP contribution in [0.3, 0.4) is 0 Å². The van der Waals surface area contributed by atoms with Crippen LogP contribution in [-0.2, 0) is 13.5 Å². The van der Waals surface area contributed by atoms with E-state index in [1.54, 1.807) is 4.68 Å². The summed E-state index contributed by atoms with van der Waals surface area (Å²) in [6.45, 7) is 5.59. The first-order valence-electron chi connectivity index (χ1n) is 6.48. The van der Waals surface area contributed by atoms with E-state index in [1.165, 1.54) is 0 Å². The highest BCUT2D eigenvalue weighted by atomic mass is 35.5. The van der Waals surface area contributed by atoms with Crippen molar-refractivity contribution in [2.75, 3.05) is 13.1 Å². The number of rotatable bonds is 2. The van der Waals surface area contributed by atoms with Crippen LogP contribution in [0, 0.1) is 5.92 Å². The Labute approximate surface area is 113 Å². The number of aryl methyl sites for hydroxylation is 2. The molecule has 1 amide bonds. The summed E-state index contributed by atoms with van der Waals surface area (Å²) in [5.74, 6) is 0.549. The zero-order valence-corrected chi connectivity index (χ0v) is 11.9. The topological polar surface area (TPSA) is 38.1 Å². The van der Waals surface area contributed by atoms with E-state index in [4.69, 9.17) is 11.6 Å². The predicted octanol–water partition coefficient (Wildman–Crippen LogP) is 2.07. The lowest BCUT2D eigenvalue weighted by Crippen LogP contribution is -2.43. The molecule has 1 saturated heterocycles. The lowest BCUT2D eigenvalue weighted by molar-refractivity contribution is 0.0700. The maximum absolute atomic E-state index is 12.5. The van der Waals surface area contributed by atoms with E-state index in [1.807, 2.05) is 25.1 Å². The summed E-state index contributed by atoms with van der Waals surface area (Å²) in [4.78, 5) is 14.3. The first-order chi connectivity index (χ1) is 8.52. The third-order valence-electron chi connectivity index (χ3n) is 3.62. The largest absolute Gasteiger partial charge is 0.337 e. The molecule has 1 aromatic heterocycles. The molecule has 100 valence electrons. The van der Waals surface area contributed by atoms with Crippen molar-refractivity contribution in [3.63, 3.8) is 0 Å². The highest BCUT2D eigenvalue weighted by Crippen LogP contribution is 2.23. The summed E-state index contributed by atoms with van der Waals surface area (Å²) in [7, 11) is 1.85. The van der Waals surface area contributed by atoms with Gasteiger partial charge in [-0.25, -0.2) is 0 Å². The van der Waals surface area contributed by atoms with Crippen LogP contribution < -0.4 is 0 Å². The van der Waals surface area contributed by atoms with E-state index in [-0.39, 0.29) is 11.3 Å². The molecule has 1 aliphatic rings. The zero-order valence-electron chi connectivity index (χ0n) is 11.2. The van der Waals surface area contributed by atoms with E-state index in [9.17, 15) is 4.79 Å². The Kier molecular flexibility index (Phi) is 3.95. The van der Waals surface area contributed by atoms with Gasteiger partial charge in [-0.1, -0.05) is 13.8 Å². The molecule has 0 saturated carbocycles. The van der Waals surface area contributed by atoms with E-state index in [0.29, 0.717) is 12.5 Å². The third kappa shape index (κ3) is 2.53. The SMILES string of the molecule is CCc1nn(C)cc1C(=O)N1CCC(C)C(Cl)C1. The normalized spacial score (nSPS) is 24.3. The molecule has 1 aromatic rings. The molecular formula is C13H20ClN3O. The fraction of sp³-hybridized carbons (Fsp3) is 0.692. The molecule has 0 N–H and O–H groups in total. The standard InChI is InChI=1S/C13H20ClN3O/c1-4-12-10(7-16(3)15-12)13(18)17-6-5-9(2)11(14)8-17/h7,9,11H,4-6,8H2,1-3H3. The van der Waals surface area contributed by atoms with Gasteiger partial charge in [0.15, 0.2) is 0 Å². The number of carbonyl (C=O) groups is 1. The molecule has 0 aliphatic carbocycles. The van der Waals surface area contributed by atoms with Crippen molar-refractivity contribution in [1.29, 1.82) is 0 Å². The number of amides is 1. The zero-order chi connectivity index (χ0) is 13.3. The van der Waals surface area contributed by atoms with Crippen LogP contribution >= 0.6 is 11.6 Å². The van der Waals surface area contributed by atoms with Gasteiger partial charge in [-0.2, -0.15) is 5.10 Å². The molecule has 0 aromatic carbocycles. The minimum atomic E-state index is 0.0597. The Morgan fingerprint density at radius 3 is 2.94 bits per heavy atom. The summed E-state index contributed by atoms with van der Waals surface area (Å²) in [6.07, 6.45) is 3.56. The van der Waals surface area contributed by atoms with Crippen molar-refractivity contribution in [3.8, 4) is 0 Å². The molecule has 2 heterocycles. The van der Waals surface area contributed by atoms with Crippen molar-refractivity contribution >= 4 is 17.5 Å². The highest BCUT2D eigenvalue weighted by molar-refractivity contribution is 6.21. The van der Waals surface area contributed by atoms with Crippen molar-refractivity contribution in [3.05, 3.63) is 17.5 Å². The second-order valence-electron chi connectivity index (χ2n) is 5.05. The van der Waals surface area contributed by atoms with Gasteiger partial charge in [-0.3, -0.25) is 9.48 Å². The molecule has 2 rings (SSSR count). The average Bonchev–Trinajstić information content (AvgIpc) is 2.73. The molecule has 0 spiro atoms. The number of piperidine rings is 1. The van der Waals surface area contributed by atoms with E-state index in [0.717, 1.165) is 30.6 Å². The Morgan fingerprint density at radius 2 is 2.33 bits per heavy atom. The Hall–Kier alpha value is -1.03. The van der Waals surface area contributed by atoms with Gasteiger partial charge in [0.25, 0.3) is 5.91 Å². The molecule has 0 radical (unpaired) electrons. The van der Waals surface area contributed by atoms with Gasteiger partial charge < -0.3 is 4.90 Å². The number of halogens is 1. The lowest BCUT2D eigenvalue weighted by Gasteiger charge is -2.33. The molecule has 1 fully saturated rings. The van der Waals surface area contributed by atoms with Crippen molar-refractivity contribution in [2.45, 2.75) is 32.1 Å². The lowest BCUT2D eigenvalue weighted by atomic mass is 9.98. The molecule has 0 bridgehead atoms. The number of nitrogens with zero attached hydrogens (tertiary/aromatic N) is 3. The van der Waals surface area contributed by atoms with Crippen LogP contribution in [0.15, 0.2) is 6.20 Å². The van der Waals surface area contributed by atoms with Gasteiger partial charge in [0.05, 0.1) is 16.6 Å². The maximum atomic E-state index is 12.5. The smallest absolute Gasteiger partial charge is 0.257 e. The van der Waals surface area contributed by atoms with E-state index < -0.39 is 0 Å². The summed E-state index contributed by atoms with van der Waals surface area (Å²) in [5, 5.41) is 4.37. The van der Waals surface area contributed by atoms with Crippen LogP contribution in [0.2, 0.25) is 0 Å². The fourth-order valence-electron chi connectivity index (χ4n) is 2.35. The van der Waals surface area contributed by atoms with Gasteiger partial charge in [0, 0.05) is 26.3 Å². The minimum Gasteiger partial charge on any atom is -0.337 e. The van der Waals surface area contributed by atoms with E-state index in [2.05, 4.69) is 12.0 Å². The third-order valence-corrected chi connectivity index (χ3v) is 4.19. The summed E-state index contributed by atoms with van der Waals surface area (Å²) in [6, 6.07) is 0. The number of hydrogen-bond donors (Lipinski definition) is 0. The number of carbonyl (C=O) groups excluding carboxylic acids is 1. The molecular weight excluding hydrogens is 250 g/mol. The number of alkyl halides is 1. The summed E-state index contributed by atoms with van der Waals surface area (Å²) < 4.78 is 1.71. The molecule has 1 aliphatic heterocycles. The average molecular weight is 270 g/mol. The van der Waals surface area contributed by atoms with Crippen LogP contribution in [0.5, 0.6) is 0 Å². The number of aromatic nitrogens is 2. The number of hydrogen-bond acceptors (Lipinski definition) is 2. The maximum Gasteiger partial charge on any atom is 0.257 e. The molecule has 5 heteroatoms. The molecule has 2 atom stereocenters. The summed E-state index contributed by atoms with van der Waals surface area (Å²) >= 11 is 6.26. The summed E-state index contributed by atoms with van der Waals surface area (Å²) in [5.41, 5.74) is 1.59. The van der Waals surface area contributed by atoms with Gasteiger partial charge in [-0.15, -0.1) is 11.6 Å². The van der Waals surface area contributed by atoms with Gasteiger partial charge >= 0.3 is 0 Å². The van der Waals surface area contributed by atoms with Gasteiger partial charge in [-0.05, 0) is 18.8 Å². The Balaban J connectivity index is 2.16. The number of likely N-dealkylation sites (tertiary alicyclic amines) is 1. The second-order valence-corrected chi connectivity index (χ2v) is 5.61. The fourth-order valence-corrected chi connectivity index (χ4v) is 2.64. The Morgan fingerprint density at radius 1 is 1.61 bits per heavy atom. The highest BCUT2D eigenvalue weighted by Gasteiger charge is 2.29. The first-order valence-corrected chi connectivity index (χ1v) is 6.92. The van der Waals surface area contributed by atoms with E-state index >= 15 is 0 Å². The molecule has 18 heavy (non-hydrogen) atoms. The Bertz CT molecular complexity index is 443. The minimum absolute atomic E-state index is 0.0597. The second kappa shape index (κ2) is 5.31. The van der Waals surface area contributed by atoms with Gasteiger partial charge in [0.1, 0.15) is 0 Å². The quantitative estimate of drug-likeness (QED) is 0.771. The molecule has 4 nitrogen and oxygen atoms in total. The first kappa shape index (κ1) is 13.4. The van der Waals surface area contributed by atoms with Crippen molar-refractivity contribution < 1.29 is 4.79 Å². The van der Waals surface area contributed by atoms with Crippen LogP contribution in [0.1, 0.15) is 36.3 Å². The van der Waals surface area contributed by atoms with Crippen molar-refractivity contribution in [2.24, 2.45) is 13.0 Å². The van der Waals surface area contributed by atoms with Crippen LogP contribution in [0.4, 0.5) is 0 Å².